The average molecular weight is 337 g/mol. The van der Waals surface area contributed by atoms with Gasteiger partial charge >= 0.3 is 5.97 Å². The molecule has 2 aromatic carbocycles. The monoisotopic (exact) mass is 337 g/mol. The van der Waals surface area contributed by atoms with Crippen LogP contribution in [0.1, 0.15) is 12.5 Å². The molecule has 0 atom stereocenters. The van der Waals surface area contributed by atoms with E-state index in [1.54, 1.807) is 26.2 Å². The molecule has 0 fully saturated rings. The number of ether oxygens (including phenoxy) is 2. The van der Waals surface area contributed by atoms with E-state index in [9.17, 15) is 9.59 Å². The van der Waals surface area contributed by atoms with E-state index in [-0.39, 0.29) is 18.6 Å². The molecule has 0 aliphatic heterocycles. The summed E-state index contributed by atoms with van der Waals surface area (Å²) in [5.41, 5.74) is 2.39. The van der Waals surface area contributed by atoms with Crippen LogP contribution in [-0.4, -0.2) is 24.7 Å². The third kappa shape index (κ3) is 3.40. The molecule has 0 aliphatic carbocycles. The SMILES string of the molecule is CCOC(=O)Cc1c(-c2ccccc2)c2cc(OC)ccc2[nH]c1=O. The fourth-order valence-electron chi connectivity index (χ4n) is 2.90. The van der Waals surface area contributed by atoms with Gasteiger partial charge in [0, 0.05) is 22.0 Å². The number of carbonyl (C=O) groups excluding carboxylic acids is 1. The van der Waals surface area contributed by atoms with Crippen molar-refractivity contribution in [1.82, 2.24) is 4.98 Å². The van der Waals surface area contributed by atoms with Crippen molar-refractivity contribution in [1.29, 1.82) is 0 Å². The highest BCUT2D eigenvalue weighted by Gasteiger charge is 2.18. The summed E-state index contributed by atoms with van der Waals surface area (Å²) in [4.78, 5) is 27.5. The number of methoxy groups -OCH3 is 1. The molecule has 0 spiro atoms. The smallest absolute Gasteiger partial charge is 0.310 e. The molecule has 0 bridgehead atoms. The summed E-state index contributed by atoms with van der Waals surface area (Å²) in [6.45, 7) is 2.02. The number of nitrogens with one attached hydrogen (secondary N) is 1. The number of aromatic amines is 1. The van der Waals surface area contributed by atoms with E-state index in [0.717, 1.165) is 16.5 Å². The van der Waals surface area contributed by atoms with Gasteiger partial charge in [-0.3, -0.25) is 9.59 Å². The van der Waals surface area contributed by atoms with Gasteiger partial charge in [0.25, 0.3) is 5.56 Å². The Hall–Kier alpha value is -3.08. The van der Waals surface area contributed by atoms with Gasteiger partial charge in [-0.05, 0) is 30.7 Å². The molecule has 0 saturated heterocycles. The molecule has 5 heteroatoms. The highest BCUT2D eigenvalue weighted by Crippen LogP contribution is 2.32. The van der Waals surface area contributed by atoms with Crippen LogP contribution in [-0.2, 0) is 16.0 Å². The van der Waals surface area contributed by atoms with Crippen molar-refractivity contribution < 1.29 is 14.3 Å². The van der Waals surface area contributed by atoms with Crippen molar-refractivity contribution in [2.24, 2.45) is 0 Å². The molecule has 1 N–H and O–H groups in total. The van der Waals surface area contributed by atoms with Gasteiger partial charge < -0.3 is 14.5 Å². The lowest BCUT2D eigenvalue weighted by Crippen LogP contribution is -2.19. The van der Waals surface area contributed by atoms with Crippen LogP contribution in [0, 0.1) is 0 Å². The Morgan fingerprint density at radius 1 is 1.12 bits per heavy atom. The number of fused-ring (bicyclic) bond motifs is 1. The summed E-state index contributed by atoms with van der Waals surface area (Å²) in [6.07, 6.45) is -0.0828. The normalized spacial score (nSPS) is 10.6. The zero-order valence-corrected chi connectivity index (χ0v) is 14.2. The second-order valence-corrected chi connectivity index (χ2v) is 5.57. The molecule has 1 aromatic heterocycles. The van der Waals surface area contributed by atoms with Gasteiger partial charge in [-0.1, -0.05) is 30.3 Å². The molecule has 0 aliphatic rings. The summed E-state index contributed by atoms with van der Waals surface area (Å²) in [6, 6.07) is 15.0. The summed E-state index contributed by atoms with van der Waals surface area (Å²) >= 11 is 0. The molecule has 25 heavy (non-hydrogen) atoms. The zero-order valence-electron chi connectivity index (χ0n) is 14.2. The molecule has 5 nitrogen and oxygen atoms in total. The Kier molecular flexibility index (Phi) is 4.84. The Balaban J connectivity index is 2.31. The van der Waals surface area contributed by atoms with Crippen molar-refractivity contribution >= 4 is 16.9 Å². The second kappa shape index (κ2) is 7.21. The number of H-pyrrole nitrogens is 1. The zero-order chi connectivity index (χ0) is 17.8. The van der Waals surface area contributed by atoms with Gasteiger partial charge in [0.1, 0.15) is 5.75 Å². The third-order valence-corrected chi connectivity index (χ3v) is 4.01. The fraction of sp³-hybridized carbons (Fsp3) is 0.200. The lowest BCUT2D eigenvalue weighted by molar-refractivity contribution is -0.142. The highest BCUT2D eigenvalue weighted by molar-refractivity contribution is 5.98. The maximum absolute atomic E-state index is 12.6. The first-order valence-electron chi connectivity index (χ1n) is 8.08. The maximum atomic E-state index is 12.6. The van der Waals surface area contributed by atoms with Crippen LogP contribution in [0.2, 0.25) is 0 Å². The number of benzene rings is 2. The number of aromatic nitrogens is 1. The summed E-state index contributed by atoms with van der Waals surface area (Å²) in [5.74, 6) is 0.256. The third-order valence-electron chi connectivity index (χ3n) is 4.01. The highest BCUT2D eigenvalue weighted by atomic mass is 16.5. The quantitative estimate of drug-likeness (QED) is 0.725. The summed E-state index contributed by atoms with van der Waals surface area (Å²) in [5, 5.41) is 0.824. The molecule has 0 unspecified atom stereocenters. The lowest BCUT2D eigenvalue weighted by atomic mass is 9.94. The second-order valence-electron chi connectivity index (χ2n) is 5.57. The minimum atomic E-state index is -0.424. The standard InChI is InChI=1S/C20H19NO4/c1-3-25-18(22)12-16-19(13-7-5-4-6-8-13)15-11-14(24-2)9-10-17(15)21-20(16)23/h4-11H,3,12H2,1-2H3,(H,21,23). The lowest BCUT2D eigenvalue weighted by Gasteiger charge is -2.13. The van der Waals surface area contributed by atoms with E-state index in [2.05, 4.69) is 4.98 Å². The summed E-state index contributed by atoms with van der Waals surface area (Å²) in [7, 11) is 1.59. The van der Waals surface area contributed by atoms with Gasteiger partial charge in [0.05, 0.1) is 20.1 Å². The molecular weight excluding hydrogens is 318 g/mol. The van der Waals surface area contributed by atoms with Crippen molar-refractivity contribution in [2.75, 3.05) is 13.7 Å². The minimum absolute atomic E-state index is 0.0828. The minimum Gasteiger partial charge on any atom is -0.497 e. The van der Waals surface area contributed by atoms with Crippen LogP contribution >= 0.6 is 0 Å². The van der Waals surface area contributed by atoms with Crippen LogP contribution < -0.4 is 10.3 Å². The maximum Gasteiger partial charge on any atom is 0.310 e. The number of carbonyl (C=O) groups is 1. The van der Waals surface area contributed by atoms with Crippen LogP contribution in [0.25, 0.3) is 22.0 Å². The molecule has 3 rings (SSSR count). The topological polar surface area (TPSA) is 68.4 Å². The number of rotatable bonds is 5. The van der Waals surface area contributed by atoms with E-state index < -0.39 is 5.97 Å². The number of pyridine rings is 1. The van der Waals surface area contributed by atoms with Crippen LogP contribution in [0.4, 0.5) is 0 Å². The Labute approximate surface area is 145 Å². The Bertz CT molecular complexity index is 961. The van der Waals surface area contributed by atoms with E-state index in [4.69, 9.17) is 9.47 Å². The number of hydrogen-bond acceptors (Lipinski definition) is 4. The summed E-state index contributed by atoms with van der Waals surface area (Å²) < 4.78 is 10.4. The van der Waals surface area contributed by atoms with Gasteiger partial charge in [0.2, 0.25) is 0 Å². The van der Waals surface area contributed by atoms with E-state index in [1.165, 1.54) is 0 Å². The van der Waals surface area contributed by atoms with E-state index >= 15 is 0 Å². The van der Waals surface area contributed by atoms with Gasteiger partial charge in [-0.15, -0.1) is 0 Å². The first kappa shape index (κ1) is 16.8. The van der Waals surface area contributed by atoms with Crippen molar-refractivity contribution in [2.45, 2.75) is 13.3 Å². The first-order valence-corrected chi connectivity index (χ1v) is 8.08. The molecule has 0 amide bonds. The first-order chi connectivity index (χ1) is 12.1. The van der Waals surface area contributed by atoms with Gasteiger partial charge in [-0.25, -0.2) is 0 Å². The van der Waals surface area contributed by atoms with E-state index in [0.29, 0.717) is 16.8 Å². The molecule has 3 aromatic rings. The Morgan fingerprint density at radius 2 is 1.88 bits per heavy atom. The molecule has 0 saturated carbocycles. The van der Waals surface area contributed by atoms with Gasteiger partial charge in [-0.2, -0.15) is 0 Å². The number of hydrogen-bond donors (Lipinski definition) is 1. The number of esters is 1. The van der Waals surface area contributed by atoms with Crippen LogP contribution in [0.3, 0.4) is 0 Å². The molecule has 0 radical (unpaired) electrons. The molecule has 128 valence electrons. The predicted octanol–water partition coefficient (Wildman–Crippen LogP) is 3.31. The van der Waals surface area contributed by atoms with Crippen LogP contribution in [0.15, 0.2) is 53.3 Å². The fourth-order valence-corrected chi connectivity index (χ4v) is 2.90. The van der Waals surface area contributed by atoms with E-state index in [1.807, 2.05) is 36.4 Å². The van der Waals surface area contributed by atoms with Crippen molar-refractivity contribution in [3.63, 3.8) is 0 Å². The van der Waals surface area contributed by atoms with Crippen molar-refractivity contribution in [3.8, 4) is 16.9 Å². The Morgan fingerprint density at radius 3 is 2.56 bits per heavy atom. The van der Waals surface area contributed by atoms with Crippen molar-refractivity contribution in [3.05, 3.63) is 64.4 Å². The molecular formula is C20H19NO4. The largest absolute Gasteiger partial charge is 0.497 e. The molecule has 1 heterocycles. The van der Waals surface area contributed by atoms with Crippen LogP contribution in [0.5, 0.6) is 5.75 Å². The predicted molar refractivity (Wildman–Crippen MR) is 96.9 cm³/mol. The average Bonchev–Trinajstić information content (AvgIpc) is 2.63. The van der Waals surface area contributed by atoms with Gasteiger partial charge in [0.15, 0.2) is 0 Å².